The van der Waals surface area contributed by atoms with Crippen LogP contribution in [-0.2, 0) is 0 Å². The van der Waals surface area contributed by atoms with Gasteiger partial charge in [-0.05, 0) is 12.1 Å². The Kier molecular flexibility index (Phi) is 2.19. The summed E-state index contributed by atoms with van der Waals surface area (Å²) in [5.41, 5.74) is 6.18. The van der Waals surface area contributed by atoms with Crippen LogP contribution in [0.5, 0.6) is 0 Å². The number of nitrogens with zero attached hydrogens (tertiary/aromatic N) is 2. The minimum Gasteiger partial charge on any atom is -0.399 e. The number of rotatable bonds is 0. The summed E-state index contributed by atoms with van der Waals surface area (Å²) in [6.07, 6.45) is 0. The molecule has 0 radical (unpaired) electrons. The molecule has 0 atom stereocenters. The lowest BCUT2D eigenvalue weighted by atomic mass is 10.1. The fraction of sp³-hybridized carbons (Fsp3) is 0. The molecule has 0 saturated carbocycles. The summed E-state index contributed by atoms with van der Waals surface area (Å²) in [6, 6.07) is 6.54. The minimum absolute atomic E-state index is 0.174. The Balaban J connectivity index is 3.50. The van der Waals surface area contributed by atoms with Crippen molar-refractivity contribution in [1.82, 2.24) is 0 Å². The van der Waals surface area contributed by atoms with Gasteiger partial charge in [0.05, 0.1) is 16.1 Å². The predicted molar refractivity (Wildman–Crippen MR) is 45.3 cm³/mol. The zero-order valence-electron chi connectivity index (χ0n) is 6.00. The first-order valence-corrected chi connectivity index (χ1v) is 3.46. The Bertz CT molecular complexity index is 398. The van der Waals surface area contributed by atoms with Crippen LogP contribution in [0.4, 0.5) is 5.69 Å². The molecule has 0 aromatic heterocycles. The van der Waals surface area contributed by atoms with Crippen molar-refractivity contribution in [2.75, 3.05) is 5.73 Å². The maximum Gasteiger partial charge on any atom is 0.102 e. The number of hydrogen-bond acceptors (Lipinski definition) is 3. The molecule has 3 nitrogen and oxygen atoms in total. The van der Waals surface area contributed by atoms with E-state index in [4.69, 9.17) is 27.9 Å². The van der Waals surface area contributed by atoms with E-state index in [0.29, 0.717) is 5.69 Å². The molecule has 0 bridgehead atoms. The van der Waals surface area contributed by atoms with Gasteiger partial charge < -0.3 is 5.73 Å². The van der Waals surface area contributed by atoms with E-state index in [1.54, 1.807) is 0 Å². The second kappa shape index (κ2) is 3.13. The van der Waals surface area contributed by atoms with Crippen LogP contribution >= 0.6 is 11.6 Å². The van der Waals surface area contributed by atoms with Crippen LogP contribution in [0.25, 0.3) is 0 Å². The van der Waals surface area contributed by atoms with Gasteiger partial charge in [0, 0.05) is 5.69 Å². The number of halogens is 1. The smallest absolute Gasteiger partial charge is 0.102 e. The molecule has 12 heavy (non-hydrogen) atoms. The van der Waals surface area contributed by atoms with Crippen molar-refractivity contribution in [3.63, 3.8) is 0 Å². The van der Waals surface area contributed by atoms with Crippen LogP contribution in [0.3, 0.4) is 0 Å². The van der Waals surface area contributed by atoms with Gasteiger partial charge in [-0.25, -0.2) is 0 Å². The number of anilines is 1. The molecular formula is C8H4ClN3. The maximum absolute atomic E-state index is 8.59. The van der Waals surface area contributed by atoms with Crippen molar-refractivity contribution in [3.05, 3.63) is 28.3 Å². The summed E-state index contributed by atoms with van der Waals surface area (Å²) in [4.78, 5) is 0. The maximum atomic E-state index is 8.59. The molecule has 0 heterocycles. The van der Waals surface area contributed by atoms with Gasteiger partial charge in [-0.2, -0.15) is 10.5 Å². The molecule has 4 heteroatoms. The van der Waals surface area contributed by atoms with Crippen LogP contribution in [0.1, 0.15) is 11.1 Å². The molecule has 1 aromatic carbocycles. The molecule has 1 aromatic rings. The highest BCUT2D eigenvalue weighted by Crippen LogP contribution is 2.22. The quantitative estimate of drug-likeness (QED) is 0.613. The Morgan fingerprint density at radius 1 is 1.25 bits per heavy atom. The lowest BCUT2D eigenvalue weighted by Crippen LogP contribution is -1.90. The molecular weight excluding hydrogens is 174 g/mol. The Hall–Kier alpha value is -1.71. The molecule has 0 spiro atoms. The van der Waals surface area contributed by atoms with Crippen LogP contribution in [0, 0.1) is 22.7 Å². The van der Waals surface area contributed by atoms with Gasteiger partial charge in [0.1, 0.15) is 12.1 Å². The first-order valence-electron chi connectivity index (χ1n) is 3.08. The van der Waals surface area contributed by atoms with Crippen molar-refractivity contribution in [2.45, 2.75) is 0 Å². The zero-order valence-corrected chi connectivity index (χ0v) is 6.76. The lowest BCUT2D eigenvalue weighted by molar-refractivity contribution is 1.43. The van der Waals surface area contributed by atoms with E-state index in [1.165, 1.54) is 12.1 Å². The third-order valence-electron chi connectivity index (χ3n) is 1.34. The summed E-state index contributed by atoms with van der Waals surface area (Å²) >= 11 is 5.66. The second-order valence-corrected chi connectivity index (χ2v) is 2.56. The van der Waals surface area contributed by atoms with E-state index in [2.05, 4.69) is 0 Å². The molecule has 0 aliphatic carbocycles. The first-order chi connectivity index (χ1) is 5.69. The fourth-order valence-corrected chi connectivity index (χ4v) is 1.10. The number of benzene rings is 1. The van der Waals surface area contributed by atoms with Crippen LogP contribution < -0.4 is 5.73 Å². The second-order valence-electron chi connectivity index (χ2n) is 2.15. The van der Waals surface area contributed by atoms with Crippen molar-refractivity contribution in [1.29, 1.82) is 10.5 Å². The van der Waals surface area contributed by atoms with E-state index >= 15 is 0 Å². The van der Waals surface area contributed by atoms with Gasteiger partial charge in [-0.1, -0.05) is 11.6 Å². The summed E-state index contributed by atoms with van der Waals surface area (Å²) in [6.45, 7) is 0. The highest BCUT2D eigenvalue weighted by atomic mass is 35.5. The Morgan fingerprint density at radius 3 is 2.42 bits per heavy atom. The van der Waals surface area contributed by atoms with Crippen molar-refractivity contribution < 1.29 is 0 Å². The molecule has 0 amide bonds. The normalized spacial score (nSPS) is 8.58. The van der Waals surface area contributed by atoms with Crippen molar-refractivity contribution in [2.24, 2.45) is 0 Å². The highest BCUT2D eigenvalue weighted by molar-refractivity contribution is 6.32. The molecule has 58 valence electrons. The van der Waals surface area contributed by atoms with Gasteiger partial charge in [0.15, 0.2) is 0 Å². The zero-order chi connectivity index (χ0) is 9.14. The average molecular weight is 178 g/mol. The summed E-state index contributed by atoms with van der Waals surface area (Å²) in [7, 11) is 0. The van der Waals surface area contributed by atoms with E-state index in [0.717, 1.165) is 0 Å². The van der Waals surface area contributed by atoms with E-state index < -0.39 is 0 Å². The molecule has 0 unspecified atom stereocenters. The van der Waals surface area contributed by atoms with Crippen molar-refractivity contribution in [3.8, 4) is 12.1 Å². The summed E-state index contributed by atoms with van der Waals surface area (Å²) in [5, 5.41) is 17.4. The van der Waals surface area contributed by atoms with Gasteiger partial charge in [0.25, 0.3) is 0 Å². The molecule has 1 rings (SSSR count). The van der Waals surface area contributed by atoms with E-state index in [1.807, 2.05) is 12.1 Å². The highest BCUT2D eigenvalue weighted by Gasteiger charge is 2.06. The molecule has 0 fully saturated rings. The van der Waals surface area contributed by atoms with Crippen LogP contribution in [-0.4, -0.2) is 0 Å². The fourth-order valence-electron chi connectivity index (χ4n) is 0.829. The number of nitriles is 2. The molecule has 2 N–H and O–H groups in total. The SMILES string of the molecule is N#Cc1cc(N)cc(Cl)c1C#N. The summed E-state index contributed by atoms with van der Waals surface area (Å²) in [5.74, 6) is 0. The molecule has 0 saturated heterocycles. The third-order valence-corrected chi connectivity index (χ3v) is 1.64. The third kappa shape index (κ3) is 1.32. The lowest BCUT2D eigenvalue weighted by Gasteiger charge is -1.98. The van der Waals surface area contributed by atoms with E-state index in [9.17, 15) is 0 Å². The Morgan fingerprint density at radius 2 is 1.92 bits per heavy atom. The number of nitrogen functional groups attached to an aromatic ring is 1. The van der Waals surface area contributed by atoms with Gasteiger partial charge in [-0.3, -0.25) is 0 Å². The van der Waals surface area contributed by atoms with Gasteiger partial charge in [0.2, 0.25) is 0 Å². The number of hydrogen-bond donors (Lipinski definition) is 1. The van der Waals surface area contributed by atoms with Gasteiger partial charge >= 0.3 is 0 Å². The Labute approximate surface area is 74.6 Å². The minimum atomic E-state index is 0.174. The molecule has 0 aliphatic rings. The standard InChI is InChI=1S/C8H4ClN3/c9-8-2-6(12)1-5(3-10)7(8)4-11/h1-2H,12H2. The van der Waals surface area contributed by atoms with Gasteiger partial charge in [-0.15, -0.1) is 0 Å². The largest absolute Gasteiger partial charge is 0.399 e. The predicted octanol–water partition coefficient (Wildman–Crippen LogP) is 1.67. The topological polar surface area (TPSA) is 73.6 Å². The van der Waals surface area contributed by atoms with E-state index in [-0.39, 0.29) is 16.1 Å². The average Bonchev–Trinajstić information content (AvgIpc) is 2.03. The first kappa shape index (κ1) is 8.39. The van der Waals surface area contributed by atoms with Crippen LogP contribution in [0.15, 0.2) is 12.1 Å². The molecule has 0 aliphatic heterocycles. The summed E-state index contributed by atoms with van der Waals surface area (Å²) < 4.78 is 0. The number of nitrogens with two attached hydrogens (primary N) is 1. The van der Waals surface area contributed by atoms with Crippen LogP contribution in [0.2, 0.25) is 5.02 Å². The monoisotopic (exact) mass is 177 g/mol. The van der Waals surface area contributed by atoms with Crippen molar-refractivity contribution >= 4 is 17.3 Å².